The van der Waals surface area contributed by atoms with Crippen molar-refractivity contribution < 1.29 is 27.4 Å². The number of anilines is 1. The summed E-state index contributed by atoms with van der Waals surface area (Å²) in [6.45, 7) is 3.82. The summed E-state index contributed by atoms with van der Waals surface area (Å²) < 4.78 is 45.8. The van der Waals surface area contributed by atoms with Crippen LogP contribution in [0.25, 0.3) is 0 Å². The van der Waals surface area contributed by atoms with Crippen molar-refractivity contribution in [1.29, 1.82) is 0 Å². The molecule has 162 valence electrons. The Bertz CT molecular complexity index is 820. The highest BCUT2D eigenvalue weighted by Gasteiger charge is 2.30. The molecular weight excluding hydrogens is 399 g/mol. The van der Waals surface area contributed by atoms with E-state index >= 15 is 0 Å². The molecule has 0 radical (unpaired) electrons. The van der Waals surface area contributed by atoms with Crippen LogP contribution >= 0.6 is 0 Å². The highest BCUT2D eigenvalue weighted by atomic mass is 19.4. The Morgan fingerprint density at radius 1 is 1.07 bits per heavy atom. The SMILES string of the molecule is CN(Cc1ccc(N2CCOCC2)cc1)C(=O)NCc1ccc(OC(F)(F)F)cc1. The summed E-state index contributed by atoms with van der Waals surface area (Å²) in [6.07, 6.45) is -4.72. The molecule has 0 spiro atoms. The zero-order valence-electron chi connectivity index (χ0n) is 16.6. The molecule has 0 aliphatic carbocycles. The van der Waals surface area contributed by atoms with Crippen LogP contribution in [0.1, 0.15) is 11.1 Å². The molecule has 9 heteroatoms. The first-order valence-corrected chi connectivity index (χ1v) is 9.55. The second-order valence-electron chi connectivity index (χ2n) is 6.97. The van der Waals surface area contributed by atoms with Gasteiger partial charge in [-0.15, -0.1) is 13.2 Å². The minimum atomic E-state index is -4.72. The van der Waals surface area contributed by atoms with Crippen molar-refractivity contribution in [2.45, 2.75) is 19.5 Å². The number of carbonyl (C=O) groups is 1. The molecule has 3 rings (SSSR count). The maximum atomic E-state index is 12.3. The molecule has 0 atom stereocenters. The van der Waals surface area contributed by atoms with Gasteiger partial charge >= 0.3 is 12.4 Å². The Morgan fingerprint density at radius 3 is 2.27 bits per heavy atom. The zero-order valence-corrected chi connectivity index (χ0v) is 16.6. The van der Waals surface area contributed by atoms with E-state index in [1.54, 1.807) is 11.9 Å². The van der Waals surface area contributed by atoms with Crippen LogP contribution in [0.15, 0.2) is 48.5 Å². The van der Waals surface area contributed by atoms with Gasteiger partial charge in [-0.25, -0.2) is 4.79 Å². The van der Waals surface area contributed by atoms with Crippen molar-refractivity contribution >= 4 is 11.7 Å². The number of halogens is 3. The van der Waals surface area contributed by atoms with Crippen LogP contribution in [0.4, 0.5) is 23.7 Å². The quantitative estimate of drug-likeness (QED) is 0.769. The van der Waals surface area contributed by atoms with Crippen LogP contribution in [0.2, 0.25) is 0 Å². The number of nitrogens with one attached hydrogen (secondary N) is 1. The predicted molar refractivity (Wildman–Crippen MR) is 106 cm³/mol. The van der Waals surface area contributed by atoms with Crippen molar-refractivity contribution in [1.82, 2.24) is 10.2 Å². The molecular formula is C21H24F3N3O3. The van der Waals surface area contributed by atoms with E-state index in [2.05, 4.69) is 15.0 Å². The summed E-state index contributed by atoms with van der Waals surface area (Å²) in [4.78, 5) is 16.1. The van der Waals surface area contributed by atoms with Crippen LogP contribution < -0.4 is 15.0 Å². The van der Waals surface area contributed by atoms with Gasteiger partial charge < -0.3 is 24.6 Å². The van der Waals surface area contributed by atoms with Gasteiger partial charge in [0.05, 0.1) is 13.2 Å². The predicted octanol–water partition coefficient (Wildman–Crippen LogP) is 3.76. The zero-order chi connectivity index (χ0) is 21.6. The van der Waals surface area contributed by atoms with Crippen LogP contribution in [-0.4, -0.2) is 50.6 Å². The van der Waals surface area contributed by atoms with Gasteiger partial charge in [0.1, 0.15) is 5.75 Å². The Hall–Kier alpha value is -2.94. The van der Waals surface area contributed by atoms with Crippen LogP contribution in [0, 0.1) is 0 Å². The molecule has 0 aromatic heterocycles. The van der Waals surface area contributed by atoms with E-state index in [4.69, 9.17) is 4.74 Å². The Balaban J connectivity index is 1.46. The molecule has 30 heavy (non-hydrogen) atoms. The van der Waals surface area contributed by atoms with Gasteiger partial charge in [0, 0.05) is 38.9 Å². The van der Waals surface area contributed by atoms with E-state index in [0.717, 1.165) is 37.6 Å². The smallest absolute Gasteiger partial charge is 0.406 e. The standard InChI is InChI=1S/C21H24F3N3O3/c1-26(15-17-2-6-18(7-3-17)27-10-12-29-13-11-27)20(28)25-14-16-4-8-19(9-5-16)30-21(22,23)24/h2-9H,10-15H2,1H3,(H,25,28). The third-order valence-corrected chi connectivity index (χ3v) is 4.68. The molecule has 1 N–H and O–H groups in total. The van der Waals surface area contributed by atoms with E-state index in [9.17, 15) is 18.0 Å². The number of rotatable bonds is 6. The van der Waals surface area contributed by atoms with Crippen molar-refractivity contribution in [3.8, 4) is 5.75 Å². The molecule has 0 unspecified atom stereocenters. The van der Waals surface area contributed by atoms with Gasteiger partial charge in [0.2, 0.25) is 0 Å². The van der Waals surface area contributed by atoms with E-state index < -0.39 is 6.36 Å². The highest BCUT2D eigenvalue weighted by Crippen LogP contribution is 2.22. The van der Waals surface area contributed by atoms with Gasteiger partial charge in [0.15, 0.2) is 0 Å². The van der Waals surface area contributed by atoms with Gasteiger partial charge in [0.25, 0.3) is 0 Å². The molecule has 6 nitrogen and oxygen atoms in total. The number of alkyl halides is 3. The largest absolute Gasteiger partial charge is 0.573 e. The first-order chi connectivity index (χ1) is 14.3. The lowest BCUT2D eigenvalue weighted by Crippen LogP contribution is -2.36. The lowest BCUT2D eigenvalue weighted by molar-refractivity contribution is -0.274. The molecule has 2 aromatic carbocycles. The van der Waals surface area contributed by atoms with E-state index in [1.807, 2.05) is 24.3 Å². The summed E-state index contributed by atoms with van der Waals surface area (Å²) in [5.74, 6) is -0.296. The number of nitrogens with zero attached hydrogens (tertiary/aromatic N) is 2. The number of hydrogen-bond acceptors (Lipinski definition) is 4. The van der Waals surface area contributed by atoms with E-state index in [0.29, 0.717) is 12.1 Å². The molecule has 0 bridgehead atoms. The van der Waals surface area contributed by atoms with Gasteiger partial charge in [-0.1, -0.05) is 24.3 Å². The topological polar surface area (TPSA) is 54.0 Å². The molecule has 1 aliphatic rings. The number of benzene rings is 2. The van der Waals surface area contributed by atoms with Crippen LogP contribution in [-0.2, 0) is 17.8 Å². The highest BCUT2D eigenvalue weighted by molar-refractivity contribution is 5.73. The van der Waals surface area contributed by atoms with Crippen molar-refractivity contribution in [2.24, 2.45) is 0 Å². The molecule has 1 aliphatic heterocycles. The van der Waals surface area contributed by atoms with Crippen molar-refractivity contribution in [2.75, 3.05) is 38.3 Å². The number of carbonyl (C=O) groups excluding carboxylic acids is 1. The lowest BCUT2D eigenvalue weighted by Gasteiger charge is -2.29. The molecule has 2 aromatic rings. The van der Waals surface area contributed by atoms with Gasteiger partial charge in [-0.3, -0.25) is 0 Å². The fourth-order valence-electron chi connectivity index (χ4n) is 3.10. The molecule has 1 heterocycles. The minimum Gasteiger partial charge on any atom is -0.406 e. The first-order valence-electron chi connectivity index (χ1n) is 9.55. The molecule has 1 saturated heterocycles. The lowest BCUT2D eigenvalue weighted by atomic mass is 10.2. The third kappa shape index (κ3) is 6.55. The Morgan fingerprint density at radius 2 is 1.67 bits per heavy atom. The average Bonchev–Trinajstić information content (AvgIpc) is 2.73. The van der Waals surface area contributed by atoms with Gasteiger partial charge in [-0.05, 0) is 35.4 Å². The monoisotopic (exact) mass is 423 g/mol. The number of amides is 2. The molecule has 1 fully saturated rings. The maximum absolute atomic E-state index is 12.3. The number of ether oxygens (including phenoxy) is 2. The summed E-state index contributed by atoms with van der Waals surface area (Å²) in [6, 6.07) is 13.2. The Labute approximate surface area is 173 Å². The summed E-state index contributed by atoms with van der Waals surface area (Å²) in [7, 11) is 1.69. The maximum Gasteiger partial charge on any atom is 0.573 e. The summed E-state index contributed by atoms with van der Waals surface area (Å²) in [5.41, 5.74) is 2.80. The second-order valence-corrected chi connectivity index (χ2v) is 6.97. The van der Waals surface area contributed by atoms with E-state index in [-0.39, 0.29) is 18.3 Å². The van der Waals surface area contributed by atoms with Crippen LogP contribution in [0.3, 0.4) is 0 Å². The first kappa shape index (κ1) is 21.8. The molecule has 0 saturated carbocycles. The second kappa shape index (κ2) is 9.71. The van der Waals surface area contributed by atoms with Crippen molar-refractivity contribution in [3.63, 3.8) is 0 Å². The van der Waals surface area contributed by atoms with E-state index in [1.165, 1.54) is 24.3 Å². The van der Waals surface area contributed by atoms with Crippen molar-refractivity contribution in [3.05, 3.63) is 59.7 Å². The normalized spacial score (nSPS) is 14.3. The average molecular weight is 423 g/mol. The number of urea groups is 1. The fraction of sp³-hybridized carbons (Fsp3) is 0.381. The number of morpholine rings is 1. The third-order valence-electron chi connectivity index (χ3n) is 4.68. The van der Waals surface area contributed by atoms with Crippen LogP contribution in [0.5, 0.6) is 5.75 Å². The number of hydrogen-bond donors (Lipinski definition) is 1. The molecule has 2 amide bonds. The van der Waals surface area contributed by atoms with Gasteiger partial charge in [-0.2, -0.15) is 0 Å². The fourth-order valence-corrected chi connectivity index (χ4v) is 3.10. The summed E-state index contributed by atoms with van der Waals surface area (Å²) in [5, 5.41) is 2.75. The Kier molecular flexibility index (Phi) is 7.04. The summed E-state index contributed by atoms with van der Waals surface area (Å²) >= 11 is 0. The minimum absolute atomic E-state index is 0.200.